The minimum absolute atomic E-state index is 0. The SMILES string of the molecule is CC(CO)Oc1cc(-n2cccn2)c(I)cc1Br.[B-].[Na+]. The largest absolute Gasteiger partial charge is 1.00 e. The minimum atomic E-state index is -0.244. The van der Waals surface area contributed by atoms with E-state index in [2.05, 4.69) is 43.6 Å². The summed E-state index contributed by atoms with van der Waals surface area (Å²) < 4.78 is 9.36. The van der Waals surface area contributed by atoms with Gasteiger partial charge in [0.1, 0.15) is 11.9 Å². The van der Waals surface area contributed by atoms with Gasteiger partial charge in [-0.1, -0.05) is 0 Å². The van der Waals surface area contributed by atoms with Gasteiger partial charge in [-0.05, 0) is 57.6 Å². The smallest absolute Gasteiger partial charge is 1.00 e. The number of aliphatic hydroxyl groups is 1. The van der Waals surface area contributed by atoms with Crippen LogP contribution < -0.4 is 34.3 Å². The number of halogens is 2. The van der Waals surface area contributed by atoms with Gasteiger partial charge in [0.25, 0.3) is 0 Å². The molecule has 2 aromatic rings. The molecule has 20 heavy (non-hydrogen) atoms. The molecule has 0 amide bonds. The number of hydrogen-bond acceptors (Lipinski definition) is 3. The Morgan fingerprint density at radius 2 is 2.20 bits per heavy atom. The van der Waals surface area contributed by atoms with Gasteiger partial charge in [0.2, 0.25) is 0 Å². The van der Waals surface area contributed by atoms with Crippen molar-refractivity contribution in [2.45, 2.75) is 13.0 Å². The Morgan fingerprint density at radius 1 is 1.50 bits per heavy atom. The van der Waals surface area contributed by atoms with Crippen LogP contribution in [0.4, 0.5) is 0 Å². The fourth-order valence-corrected chi connectivity index (χ4v) is 3.03. The van der Waals surface area contributed by atoms with Crippen molar-refractivity contribution < 1.29 is 39.4 Å². The second-order valence-corrected chi connectivity index (χ2v) is 5.81. The Labute approximate surface area is 164 Å². The molecule has 1 unspecified atom stereocenters. The molecule has 1 aromatic carbocycles. The molecule has 0 saturated carbocycles. The van der Waals surface area contributed by atoms with Gasteiger partial charge in [0, 0.05) is 22.0 Å². The van der Waals surface area contributed by atoms with Crippen molar-refractivity contribution in [3.8, 4) is 11.4 Å². The van der Waals surface area contributed by atoms with Crippen molar-refractivity contribution in [3.05, 3.63) is 38.6 Å². The number of nitrogens with zero attached hydrogens (tertiary/aromatic N) is 2. The van der Waals surface area contributed by atoms with Gasteiger partial charge in [-0.25, -0.2) is 4.68 Å². The molecule has 0 fully saturated rings. The predicted molar refractivity (Wildman–Crippen MR) is 86.9 cm³/mol. The van der Waals surface area contributed by atoms with Crippen LogP contribution in [0, 0.1) is 3.57 Å². The van der Waals surface area contributed by atoms with E-state index < -0.39 is 0 Å². The zero-order valence-corrected chi connectivity index (χ0v) is 17.0. The van der Waals surface area contributed by atoms with Crippen LogP contribution in [0.1, 0.15) is 6.92 Å². The quantitative estimate of drug-likeness (QED) is 0.504. The number of rotatable bonds is 4. The van der Waals surface area contributed by atoms with Crippen LogP contribution in [0.5, 0.6) is 5.75 Å². The van der Waals surface area contributed by atoms with E-state index in [-0.39, 0.29) is 50.7 Å². The summed E-state index contributed by atoms with van der Waals surface area (Å²) in [6.45, 7) is 1.80. The summed E-state index contributed by atoms with van der Waals surface area (Å²) >= 11 is 5.71. The molecule has 1 N–H and O–H groups in total. The van der Waals surface area contributed by atoms with Crippen LogP contribution in [0.3, 0.4) is 0 Å². The zero-order chi connectivity index (χ0) is 13.1. The van der Waals surface area contributed by atoms with Gasteiger partial charge < -0.3 is 18.3 Å². The van der Waals surface area contributed by atoms with Crippen molar-refractivity contribution in [1.29, 1.82) is 0 Å². The predicted octanol–water partition coefficient (Wildman–Crippen LogP) is -0.378. The third-order valence-corrected chi connectivity index (χ3v) is 3.82. The van der Waals surface area contributed by atoms with Crippen LogP contribution in [-0.2, 0) is 0 Å². The van der Waals surface area contributed by atoms with Crippen LogP contribution in [0.15, 0.2) is 35.1 Å². The monoisotopic (exact) mass is 456 g/mol. The maximum atomic E-state index is 9.04. The maximum absolute atomic E-state index is 9.04. The van der Waals surface area contributed by atoms with Crippen molar-refractivity contribution in [3.63, 3.8) is 0 Å². The summed E-state index contributed by atoms with van der Waals surface area (Å²) in [7, 11) is 0. The van der Waals surface area contributed by atoms with E-state index in [0.29, 0.717) is 5.75 Å². The van der Waals surface area contributed by atoms with E-state index in [0.717, 1.165) is 13.7 Å². The zero-order valence-electron chi connectivity index (χ0n) is 11.3. The van der Waals surface area contributed by atoms with E-state index >= 15 is 0 Å². The van der Waals surface area contributed by atoms with Gasteiger partial charge in [-0.15, -0.1) is 0 Å². The summed E-state index contributed by atoms with van der Waals surface area (Å²) in [6, 6.07) is 5.75. The first-order chi connectivity index (χ1) is 8.61. The van der Waals surface area contributed by atoms with E-state index in [1.54, 1.807) is 10.9 Å². The topological polar surface area (TPSA) is 47.3 Å². The molecule has 4 radical (unpaired) electrons. The number of benzene rings is 1. The number of ether oxygens (including phenoxy) is 1. The molecule has 2 rings (SSSR count). The fraction of sp³-hybridized carbons (Fsp3) is 0.250. The average Bonchev–Trinajstić information content (AvgIpc) is 2.86. The molecule has 0 aliphatic heterocycles. The van der Waals surface area contributed by atoms with Gasteiger partial charge in [-0.2, -0.15) is 5.10 Å². The molecule has 0 spiro atoms. The average molecular weight is 457 g/mol. The van der Waals surface area contributed by atoms with Crippen molar-refractivity contribution in [2.75, 3.05) is 6.61 Å². The Bertz CT molecular complexity index is 543. The third-order valence-electron chi connectivity index (χ3n) is 2.34. The molecular weight excluding hydrogens is 445 g/mol. The first-order valence-electron chi connectivity index (χ1n) is 5.38. The van der Waals surface area contributed by atoms with E-state index in [4.69, 9.17) is 9.84 Å². The van der Waals surface area contributed by atoms with E-state index in [1.165, 1.54) is 0 Å². The Hall–Kier alpha value is 0.465. The second kappa shape index (κ2) is 9.48. The molecule has 4 nitrogen and oxygen atoms in total. The van der Waals surface area contributed by atoms with E-state index in [9.17, 15) is 0 Å². The van der Waals surface area contributed by atoms with Gasteiger partial charge >= 0.3 is 29.6 Å². The number of aliphatic hydroxyl groups excluding tert-OH is 1. The Balaban J connectivity index is 0.00000180. The first-order valence-corrected chi connectivity index (χ1v) is 7.25. The van der Waals surface area contributed by atoms with Crippen LogP contribution in [0.25, 0.3) is 5.69 Å². The molecule has 0 bridgehead atoms. The van der Waals surface area contributed by atoms with Crippen molar-refractivity contribution in [1.82, 2.24) is 9.78 Å². The molecule has 0 saturated heterocycles. The minimum Gasteiger partial charge on any atom is -1.00 e. The molecule has 1 atom stereocenters. The molecule has 100 valence electrons. The van der Waals surface area contributed by atoms with Crippen molar-refractivity contribution >= 4 is 46.9 Å². The standard InChI is InChI=1S/C12H12BrIN2O2.B.Na/c1-8(7-17)18-12-6-11(10(14)5-9(12)13)16-4-2-3-15-16;;/h2-6,8,17H,7H2,1H3;;/q;-1;+1. The summed E-state index contributed by atoms with van der Waals surface area (Å²) in [5.41, 5.74) is 0.948. The van der Waals surface area contributed by atoms with Gasteiger partial charge in [-0.3, -0.25) is 0 Å². The van der Waals surface area contributed by atoms with Crippen LogP contribution in [-0.4, -0.2) is 36.0 Å². The molecule has 0 aliphatic carbocycles. The normalized spacial score (nSPS) is 11.2. The molecule has 0 aliphatic rings. The van der Waals surface area contributed by atoms with E-state index in [1.807, 2.05) is 31.3 Å². The molecule has 1 aromatic heterocycles. The summed E-state index contributed by atoms with van der Waals surface area (Å²) in [6.07, 6.45) is 3.37. The van der Waals surface area contributed by atoms with Crippen LogP contribution in [0.2, 0.25) is 0 Å². The fourth-order valence-electron chi connectivity index (χ4n) is 1.45. The third kappa shape index (κ3) is 5.03. The summed E-state index contributed by atoms with van der Waals surface area (Å²) in [5.74, 6) is 0.697. The van der Waals surface area contributed by atoms with Gasteiger partial charge in [0.05, 0.1) is 16.8 Å². The number of hydrogen-bond donors (Lipinski definition) is 1. The molecular formula is C12H12BBrIN2NaO2. The molecule has 8 heteroatoms. The maximum Gasteiger partial charge on any atom is 1.00 e. The second-order valence-electron chi connectivity index (χ2n) is 3.80. The Morgan fingerprint density at radius 3 is 2.75 bits per heavy atom. The summed E-state index contributed by atoms with van der Waals surface area (Å²) in [4.78, 5) is 0. The Kier molecular flexibility index (Phi) is 9.70. The first kappa shape index (κ1) is 20.5. The summed E-state index contributed by atoms with van der Waals surface area (Å²) in [5, 5.41) is 13.2. The van der Waals surface area contributed by atoms with Crippen LogP contribution >= 0.6 is 38.5 Å². The molecule has 1 heterocycles. The van der Waals surface area contributed by atoms with Gasteiger partial charge in [0.15, 0.2) is 0 Å². The van der Waals surface area contributed by atoms with Crippen molar-refractivity contribution in [2.24, 2.45) is 0 Å². The number of aromatic nitrogens is 2.